The fourth-order valence-corrected chi connectivity index (χ4v) is 1.55. The van der Waals surface area contributed by atoms with Crippen molar-refractivity contribution in [3.05, 3.63) is 22.4 Å². The summed E-state index contributed by atoms with van der Waals surface area (Å²) in [7, 11) is 0. The highest BCUT2D eigenvalue weighted by molar-refractivity contribution is 9.10. The number of hydrogen-bond donors (Lipinski definition) is 1. The Bertz CT molecular complexity index is 449. The quantitative estimate of drug-likeness (QED) is 0.825. The molecule has 5 heteroatoms. The van der Waals surface area contributed by atoms with Crippen LogP contribution in [-0.2, 0) is 6.42 Å². The molecule has 13 heavy (non-hydrogen) atoms. The van der Waals surface area contributed by atoms with E-state index in [2.05, 4.69) is 26.1 Å². The van der Waals surface area contributed by atoms with E-state index in [4.69, 9.17) is 5.73 Å². The summed E-state index contributed by atoms with van der Waals surface area (Å²) in [5.41, 5.74) is 8.34. The Morgan fingerprint density at radius 2 is 2.38 bits per heavy atom. The summed E-state index contributed by atoms with van der Waals surface area (Å²) in [6.07, 6.45) is 2.52. The van der Waals surface area contributed by atoms with Crippen LogP contribution in [0.2, 0.25) is 0 Å². The van der Waals surface area contributed by atoms with Gasteiger partial charge in [-0.25, -0.2) is 0 Å². The standard InChI is InChI=1S/C8H9BrN4/c1-2-6-8(10)7-3-5(9)4-11-13(7)12-6/h3-4H,2,10H2,1H3. The van der Waals surface area contributed by atoms with E-state index in [1.54, 1.807) is 10.8 Å². The Labute approximate surface area is 83.9 Å². The van der Waals surface area contributed by atoms with Crippen LogP contribution in [0.4, 0.5) is 5.69 Å². The third kappa shape index (κ3) is 1.29. The molecule has 0 atom stereocenters. The van der Waals surface area contributed by atoms with Crippen molar-refractivity contribution in [1.29, 1.82) is 0 Å². The Kier molecular flexibility index (Phi) is 1.95. The molecule has 2 heterocycles. The molecule has 68 valence electrons. The Hall–Kier alpha value is -1.10. The Balaban J connectivity index is 2.77. The molecule has 2 N–H and O–H groups in total. The molecule has 0 saturated heterocycles. The molecular weight excluding hydrogens is 232 g/mol. The second-order valence-corrected chi connectivity index (χ2v) is 3.68. The van der Waals surface area contributed by atoms with Crippen molar-refractivity contribution in [1.82, 2.24) is 14.8 Å². The molecule has 2 aromatic heterocycles. The molecule has 2 rings (SSSR count). The summed E-state index contributed by atoms with van der Waals surface area (Å²) >= 11 is 3.34. The molecular formula is C8H9BrN4. The number of nitrogens with zero attached hydrogens (tertiary/aromatic N) is 3. The number of halogens is 1. The zero-order valence-corrected chi connectivity index (χ0v) is 8.74. The van der Waals surface area contributed by atoms with E-state index < -0.39 is 0 Å². The lowest BCUT2D eigenvalue weighted by molar-refractivity contribution is 0.773. The van der Waals surface area contributed by atoms with E-state index in [-0.39, 0.29) is 0 Å². The fourth-order valence-electron chi connectivity index (χ4n) is 1.24. The van der Waals surface area contributed by atoms with Gasteiger partial charge in [0.25, 0.3) is 0 Å². The van der Waals surface area contributed by atoms with Crippen molar-refractivity contribution in [2.75, 3.05) is 5.73 Å². The minimum Gasteiger partial charge on any atom is -0.395 e. The van der Waals surface area contributed by atoms with Crippen LogP contribution in [0.5, 0.6) is 0 Å². The highest BCUT2D eigenvalue weighted by Crippen LogP contribution is 2.20. The van der Waals surface area contributed by atoms with Gasteiger partial charge in [-0.1, -0.05) is 6.92 Å². The number of fused-ring (bicyclic) bond motifs is 1. The average Bonchev–Trinajstić information content (AvgIpc) is 2.44. The molecule has 0 saturated carbocycles. The number of rotatable bonds is 1. The van der Waals surface area contributed by atoms with E-state index in [1.165, 1.54) is 0 Å². The SMILES string of the molecule is CCc1nn2ncc(Br)cc2c1N. The van der Waals surface area contributed by atoms with Crippen LogP contribution >= 0.6 is 15.9 Å². The third-order valence-electron chi connectivity index (χ3n) is 1.92. The van der Waals surface area contributed by atoms with E-state index >= 15 is 0 Å². The van der Waals surface area contributed by atoms with E-state index in [0.717, 1.165) is 27.8 Å². The van der Waals surface area contributed by atoms with Crippen LogP contribution in [0.25, 0.3) is 5.52 Å². The summed E-state index contributed by atoms with van der Waals surface area (Å²) in [6, 6.07) is 1.91. The molecule has 2 aromatic rings. The van der Waals surface area contributed by atoms with Gasteiger partial charge in [-0.3, -0.25) is 0 Å². The molecule has 0 aliphatic rings. The first-order valence-corrected chi connectivity index (χ1v) is 4.80. The number of hydrogen-bond acceptors (Lipinski definition) is 3. The first-order valence-electron chi connectivity index (χ1n) is 4.01. The predicted molar refractivity (Wildman–Crippen MR) is 54.5 cm³/mol. The third-order valence-corrected chi connectivity index (χ3v) is 2.35. The molecule has 0 spiro atoms. The van der Waals surface area contributed by atoms with Crippen molar-refractivity contribution in [3.63, 3.8) is 0 Å². The molecule has 0 unspecified atom stereocenters. The lowest BCUT2D eigenvalue weighted by Crippen LogP contribution is -1.92. The lowest BCUT2D eigenvalue weighted by atomic mass is 10.3. The van der Waals surface area contributed by atoms with Crippen LogP contribution in [0, 0.1) is 0 Å². The van der Waals surface area contributed by atoms with Crippen LogP contribution in [0.1, 0.15) is 12.6 Å². The molecule has 0 radical (unpaired) electrons. The monoisotopic (exact) mass is 240 g/mol. The van der Waals surface area contributed by atoms with E-state index in [9.17, 15) is 0 Å². The van der Waals surface area contributed by atoms with E-state index in [0.29, 0.717) is 0 Å². The summed E-state index contributed by atoms with van der Waals surface area (Å²) in [5, 5.41) is 8.32. The molecule has 4 nitrogen and oxygen atoms in total. The molecule has 0 fully saturated rings. The second kappa shape index (κ2) is 2.99. The van der Waals surface area contributed by atoms with E-state index in [1.807, 2.05) is 13.0 Å². The van der Waals surface area contributed by atoms with Gasteiger partial charge in [-0.2, -0.15) is 10.2 Å². The number of anilines is 1. The Morgan fingerprint density at radius 3 is 3.08 bits per heavy atom. The minimum atomic E-state index is 0.719. The first-order chi connectivity index (χ1) is 6.22. The summed E-state index contributed by atoms with van der Waals surface area (Å²) in [5.74, 6) is 0. The Morgan fingerprint density at radius 1 is 1.62 bits per heavy atom. The maximum atomic E-state index is 5.87. The van der Waals surface area contributed by atoms with Gasteiger partial charge in [0.05, 0.1) is 17.6 Å². The van der Waals surface area contributed by atoms with Crippen LogP contribution in [0.15, 0.2) is 16.7 Å². The largest absolute Gasteiger partial charge is 0.395 e. The van der Waals surface area contributed by atoms with Crippen molar-refractivity contribution >= 4 is 27.1 Å². The van der Waals surface area contributed by atoms with Gasteiger partial charge in [-0.05, 0) is 28.4 Å². The maximum Gasteiger partial charge on any atom is 0.112 e. The van der Waals surface area contributed by atoms with Crippen LogP contribution < -0.4 is 5.73 Å². The average molecular weight is 241 g/mol. The number of aryl methyl sites for hydroxylation is 1. The van der Waals surface area contributed by atoms with Gasteiger partial charge in [0.2, 0.25) is 0 Å². The highest BCUT2D eigenvalue weighted by Gasteiger charge is 2.08. The van der Waals surface area contributed by atoms with Crippen LogP contribution in [0.3, 0.4) is 0 Å². The maximum absolute atomic E-state index is 5.87. The summed E-state index contributed by atoms with van der Waals surface area (Å²) < 4.78 is 2.47. The highest BCUT2D eigenvalue weighted by atomic mass is 79.9. The molecule has 0 aliphatic heterocycles. The molecule has 0 aromatic carbocycles. The van der Waals surface area contributed by atoms with Gasteiger partial charge in [0.1, 0.15) is 5.52 Å². The first kappa shape index (κ1) is 8.50. The number of aromatic nitrogens is 3. The van der Waals surface area contributed by atoms with Gasteiger partial charge >= 0.3 is 0 Å². The van der Waals surface area contributed by atoms with Gasteiger partial charge < -0.3 is 5.73 Å². The number of nitrogen functional groups attached to an aromatic ring is 1. The fraction of sp³-hybridized carbons (Fsp3) is 0.250. The zero-order valence-electron chi connectivity index (χ0n) is 7.16. The molecule has 0 amide bonds. The van der Waals surface area contributed by atoms with Crippen molar-refractivity contribution < 1.29 is 0 Å². The van der Waals surface area contributed by atoms with Gasteiger partial charge in [0, 0.05) is 4.47 Å². The normalized spacial score (nSPS) is 10.9. The topological polar surface area (TPSA) is 56.2 Å². The van der Waals surface area contributed by atoms with Gasteiger partial charge in [0.15, 0.2) is 0 Å². The smallest absolute Gasteiger partial charge is 0.112 e. The van der Waals surface area contributed by atoms with Crippen molar-refractivity contribution in [3.8, 4) is 0 Å². The summed E-state index contributed by atoms with van der Waals surface area (Å²) in [4.78, 5) is 0. The van der Waals surface area contributed by atoms with Crippen molar-refractivity contribution in [2.45, 2.75) is 13.3 Å². The second-order valence-electron chi connectivity index (χ2n) is 2.76. The molecule has 0 aliphatic carbocycles. The van der Waals surface area contributed by atoms with Crippen molar-refractivity contribution in [2.24, 2.45) is 0 Å². The van der Waals surface area contributed by atoms with Gasteiger partial charge in [-0.15, -0.1) is 4.63 Å². The molecule has 0 bridgehead atoms. The van der Waals surface area contributed by atoms with Crippen LogP contribution in [-0.4, -0.2) is 14.8 Å². The minimum absolute atomic E-state index is 0.719. The predicted octanol–water partition coefficient (Wildman–Crippen LogP) is 1.64. The lowest BCUT2D eigenvalue weighted by Gasteiger charge is -1.92. The zero-order chi connectivity index (χ0) is 9.42. The summed E-state index contributed by atoms with van der Waals surface area (Å²) in [6.45, 7) is 2.02. The number of nitrogens with two attached hydrogens (primary N) is 1.